The topological polar surface area (TPSA) is 75.9 Å². The first-order valence-electron chi connectivity index (χ1n) is 6.08. The fraction of sp³-hybridized carbons (Fsp3) is 0.333. The predicted molar refractivity (Wildman–Crippen MR) is 78.5 cm³/mol. The van der Waals surface area contributed by atoms with Gasteiger partial charge in [0.05, 0.1) is 10.9 Å². The summed E-state index contributed by atoms with van der Waals surface area (Å²) in [6.45, 7) is 0.697. The monoisotopic (exact) mass is 295 g/mol. The average Bonchev–Trinajstić information content (AvgIpc) is 3.19. The van der Waals surface area contributed by atoms with Crippen molar-refractivity contribution in [2.45, 2.75) is 25.3 Å². The normalized spacial score (nSPS) is 14.4. The molecule has 2 aromatic heterocycles. The largest absolute Gasteiger partial charge is 0.365 e. The number of halogens is 1. The molecule has 1 saturated carbocycles. The zero-order valence-electron chi connectivity index (χ0n) is 10.2. The minimum Gasteiger partial charge on any atom is -0.365 e. The van der Waals surface area contributed by atoms with Crippen molar-refractivity contribution in [3.63, 3.8) is 0 Å². The van der Waals surface area contributed by atoms with E-state index in [9.17, 15) is 0 Å². The van der Waals surface area contributed by atoms with E-state index in [4.69, 9.17) is 17.4 Å². The molecule has 4 N–H and O–H groups in total. The molecule has 1 aliphatic rings. The van der Waals surface area contributed by atoms with Gasteiger partial charge in [-0.15, -0.1) is 11.3 Å². The van der Waals surface area contributed by atoms with Crippen molar-refractivity contribution in [1.29, 1.82) is 0 Å². The summed E-state index contributed by atoms with van der Waals surface area (Å²) in [5, 5.41) is 3.28. The lowest BCUT2D eigenvalue weighted by Gasteiger charge is -2.08. The van der Waals surface area contributed by atoms with E-state index in [2.05, 4.69) is 20.7 Å². The lowest BCUT2D eigenvalue weighted by molar-refractivity contribution is 0.921. The maximum absolute atomic E-state index is 5.90. The van der Waals surface area contributed by atoms with Gasteiger partial charge in [-0.1, -0.05) is 11.6 Å². The second-order valence-corrected chi connectivity index (χ2v) is 6.27. The molecule has 100 valence electrons. The Morgan fingerprint density at radius 3 is 2.74 bits per heavy atom. The highest BCUT2D eigenvalue weighted by Gasteiger charge is 2.27. The van der Waals surface area contributed by atoms with Crippen LogP contribution in [-0.2, 0) is 6.54 Å². The Hall–Kier alpha value is -1.37. The lowest BCUT2D eigenvalue weighted by Crippen LogP contribution is -2.12. The van der Waals surface area contributed by atoms with E-state index in [1.807, 2.05) is 12.1 Å². The summed E-state index contributed by atoms with van der Waals surface area (Å²) in [7, 11) is 0. The van der Waals surface area contributed by atoms with Gasteiger partial charge in [0.15, 0.2) is 0 Å². The summed E-state index contributed by atoms with van der Waals surface area (Å²) in [4.78, 5) is 10.1. The summed E-state index contributed by atoms with van der Waals surface area (Å²) < 4.78 is 0.794. The van der Waals surface area contributed by atoms with E-state index in [1.165, 1.54) is 4.88 Å². The van der Waals surface area contributed by atoms with Gasteiger partial charge in [0.25, 0.3) is 0 Å². The number of nitrogens with zero attached hydrogens (tertiary/aromatic N) is 2. The van der Waals surface area contributed by atoms with Crippen molar-refractivity contribution < 1.29 is 0 Å². The number of nitrogen functional groups attached to an aromatic ring is 1. The molecule has 0 aliphatic heterocycles. The van der Waals surface area contributed by atoms with E-state index in [0.717, 1.165) is 28.8 Å². The van der Waals surface area contributed by atoms with Crippen LogP contribution in [0.4, 0.5) is 11.6 Å². The van der Waals surface area contributed by atoms with Gasteiger partial charge in [-0.25, -0.2) is 15.8 Å². The molecule has 0 aromatic carbocycles. The molecule has 0 spiro atoms. The first-order valence-corrected chi connectivity index (χ1v) is 7.28. The SMILES string of the molecule is NNc1cc(NCc2ccc(Cl)s2)nc(C2CC2)n1. The molecule has 0 radical (unpaired) electrons. The van der Waals surface area contributed by atoms with Crippen LogP contribution in [0.5, 0.6) is 0 Å². The van der Waals surface area contributed by atoms with E-state index >= 15 is 0 Å². The van der Waals surface area contributed by atoms with Crippen LogP contribution in [0, 0.1) is 0 Å². The number of hydrogen-bond donors (Lipinski definition) is 3. The van der Waals surface area contributed by atoms with Gasteiger partial charge < -0.3 is 10.7 Å². The van der Waals surface area contributed by atoms with E-state index in [0.29, 0.717) is 18.3 Å². The van der Waals surface area contributed by atoms with Gasteiger partial charge in [-0.3, -0.25) is 0 Å². The zero-order valence-corrected chi connectivity index (χ0v) is 11.8. The maximum Gasteiger partial charge on any atom is 0.145 e. The highest BCUT2D eigenvalue weighted by atomic mass is 35.5. The Morgan fingerprint density at radius 2 is 2.11 bits per heavy atom. The van der Waals surface area contributed by atoms with Crippen molar-refractivity contribution >= 4 is 34.6 Å². The molecule has 0 saturated heterocycles. The minimum absolute atomic E-state index is 0.491. The number of nitrogens with two attached hydrogens (primary N) is 1. The quantitative estimate of drug-likeness (QED) is 0.584. The van der Waals surface area contributed by atoms with Crippen molar-refractivity contribution in [3.05, 3.63) is 33.2 Å². The summed E-state index contributed by atoms with van der Waals surface area (Å²) in [5.74, 6) is 8.22. The second-order valence-electron chi connectivity index (χ2n) is 4.47. The second kappa shape index (κ2) is 5.32. The van der Waals surface area contributed by atoms with Gasteiger partial charge in [0.2, 0.25) is 0 Å². The maximum atomic E-state index is 5.90. The summed E-state index contributed by atoms with van der Waals surface area (Å²) in [5.41, 5.74) is 2.58. The number of aromatic nitrogens is 2. The third kappa shape index (κ3) is 3.15. The van der Waals surface area contributed by atoms with Gasteiger partial charge >= 0.3 is 0 Å². The fourth-order valence-electron chi connectivity index (χ4n) is 1.78. The molecule has 3 rings (SSSR count). The van der Waals surface area contributed by atoms with E-state index in [1.54, 1.807) is 17.4 Å². The smallest absolute Gasteiger partial charge is 0.145 e. The third-order valence-electron chi connectivity index (χ3n) is 2.91. The number of thiophene rings is 1. The number of rotatable bonds is 5. The molecule has 0 bridgehead atoms. The first kappa shape index (κ1) is 12.7. The lowest BCUT2D eigenvalue weighted by atomic mass is 10.3. The first-order chi connectivity index (χ1) is 9.24. The molecule has 2 aromatic rings. The molecule has 19 heavy (non-hydrogen) atoms. The van der Waals surface area contributed by atoms with Crippen molar-refractivity contribution in [1.82, 2.24) is 9.97 Å². The highest BCUT2D eigenvalue weighted by Crippen LogP contribution is 2.38. The van der Waals surface area contributed by atoms with Gasteiger partial charge in [-0.05, 0) is 25.0 Å². The standard InChI is InChI=1S/C12H14ClN5S/c13-9-4-3-8(19-9)6-15-10-5-11(18-14)17-12(16-10)7-1-2-7/h3-5,7H,1-2,6,14H2,(H2,15,16,17,18). The summed E-state index contributed by atoms with van der Waals surface area (Å²) in [6, 6.07) is 5.71. The molecule has 0 atom stereocenters. The van der Waals surface area contributed by atoms with Crippen LogP contribution in [-0.4, -0.2) is 9.97 Å². The van der Waals surface area contributed by atoms with Crippen LogP contribution in [0.3, 0.4) is 0 Å². The van der Waals surface area contributed by atoms with Crippen molar-refractivity contribution in [2.75, 3.05) is 10.7 Å². The fourth-order valence-corrected chi connectivity index (χ4v) is 2.81. The Labute approximate surface area is 120 Å². The van der Waals surface area contributed by atoms with Crippen LogP contribution in [0.25, 0.3) is 0 Å². The van der Waals surface area contributed by atoms with Crippen molar-refractivity contribution in [3.8, 4) is 0 Å². The molecular formula is C12H14ClN5S. The molecule has 2 heterocycles. The molecular weight excluding hydrogens is 282 g/mol. The average molecular weight is 296 g/mol. The molecule has 1 aliphatic carbocycles. The number of hydrogen-bond acceptors (Lipinski definition) is 6. The Balaban J connectivity index is 1.74. The molecule has 7 heteroatoms. The zero-order chi connectivity index (χ0) is 13.2. The number of hydrazine groups is 1. The highest BCUT2D eigenvalue weighted by molar-refractivity contribution is 7.16. The molecule has 0 unspecified atom stereocenters. The van der Waals surface area contributed by atoms with Crippen molar-refractivity contribution in [2.24, 2.45) is 5.84 Å². The van der Waals surface area contributed by atoms with Crippen LogP contribution in [0.2, 0.25) is 4.34 Å². The van der Waals surface area contributed by atoms with Gasteiger partial charge in [0.1, 0.15) is 17.5 Å². The van der Waals surface area contributed by atoms with Crippen LogP contribution in [0.1, 0.15) is 29.5 Å². The van der Waals surface area contributed by atoms with Gasteiger partial charge in [0, 0.05) is 16.9 Å². The minimum atomic E-state index is 0.491. The molecule has 0 amide bonds. The van der Waals surface area contributed by atoms with Crippen LogP contribution < -0.4 is 16.6 Å². The van der Waals surface area contributed by atoms with Crippen LogP contribution in [0.15, 0.2) is 18.2 Å². The molecule has 1 fully saturated rings. The Morgan fingerprint density at radius 1 is 1.32 bits per heavy atom. The predicted octanol–water partition coefficient (Wildman–Crippen LogP) is 2.97. The Kier molecular flexibility index (Phi) is 3.54. The van der Waals surface area contributed by atoms with E-state index in [-0.39, 0.29) is 0 Å². The van der Waals surface area contributed by atoms with Gasteiger partial charge in [-0.2, -0.15) is 0 Å². The molecule has 5 nitrogen and oxygen atoms in total. The van der Waals surface area contributed by atoms with Crippen LogP contribution >= 0.6 is 22.9 Å². The number of anilines is 2. The van der Waals surface area contributed by atoms with E-state index < -0.39 is 0 Å². The number of nitrogens with one attached hydrogen (secondary N) is 2. The Bertz CT molecular complexity index is 581. The summed E-state index contributed by atoms with van der Waals surface area (Å²) >= 11 is 7.46. The summed E-state index contributed by atoms with van der Waals surface area (Å²) in [6.07, 6.45) is 2.32. The third-order valence-corrected chi connectivity index (χ3v) is 4.14.